The minimum absolute atomic E-state index is 0.891. The molecule has 0 aliphatic carbocycles. The van der Waals surface area contributed by atoms with Gasteiger partial charge in [0.2, 0.25) is 0 Å². The van der Waals surface area contributed by atoms with Crippen LogP contribution in [0.15, 0.2) is 30.3 Å². The number of rotatable bonds is 3. The molecule has 1 fully saturated rings. The standard InChI is InChI=1S/C15H26Si2/c1-13-11-15(17(13,4)5)12-16(2,3)14-9-7-6-8-10-14/h6-10,13,15H,11-12H2,1-5H3/t13-,15-/m1/s1. The van der Waals surface area contributed by atoms with Crippen molar-refractivity contribution >= 4 is 21.3 Å². The molecule has 2 heteroatoms. The van der Waals surface area contributed by atoms with Gasteiger partial charge in [0.05, 0.1) is 16.1 Å². The summed E-state index contributed by atoms with van der Waals surface area (Å²) in [5, 5.41) is 1.64. The lowest BCUT2D eigenvalue weighted by Gasteiger charge is -2.51. The van der Waals surface area contributed by atoms with E-state index >= 15 is 0 Å². The van der Waals surface area contributed by atoms with Crippen molar-refractivity contribution in [1.82, 2.24) is 0 Å². The van der Waals surface area contributed by atoms with E-state index in [9.17, 15) is 0 Å². The molecule has 0 N–H and O–H groups in total. The monoisotopic (exact) mass is 262 g/mol. The molecule has 0 unspecified atom stereocenters. The third-order valence-electron chi connectivity index (χ3n) is 5.27. The lowest BCUT2D eigenvalue weighted by molar-refractivity contribution is 0.616. The Morgan fingerprint density at radius 2 is 1.76 bits per heavy atom. The molecule has 1 aliphatic rings. The maximum atomic E-state index is 2.60. The van der Waals surface area contributed by atoms with Crippen LogP contribution < -0.4 is 5.19 Å². The maximum Gasteiger partial charge on any atom is 0.0806 e. The van der Waals surface area contributed by atoms with Crippen molar-refractivity contribution in [2.24, 2.45) is 0 Å². The summed E-state index contributed by atoms with van der Waals surface area (Å²) in [6, 6.07) is 12.8. The zero-order chi connectivity index (χ0) is 12.7. The quantitative estimate of drug-likeness (QED) is 0.705. The molecule has 1 aliphatic heterocycles. The summed E-state index contributed by atoms with van der Waals surface area (Å²) in [6.07, 6.45) is 1.50. The molecule has 0 aromatic heterocycles. The van der Waals surface area contributed by atoms with Gasteiger partial charge in [-0.05, 0) is 11.1 Å². The molecule has 1 heterocycles. The molecule has 2 rings (SSSR count). The van der Waals surface area contributed by atoms with E-state index in [0.29, 0.717) is 0 Å². The Labute approximate surface area is 108 Å². The van der Waals surface area contributed by atoms with Crippen LogP contribution in [0.1, 0.15) is 13.3 Å². The Kier molecular flexibility index (Phi) is 3.39. The molecular weight excluding hydrogens is 236 g/mol. The minimum Gasteiger partial charge on any atom is -0.0690 e. The minimum atomic E-state index is -1.20. The molecule has 0 saturated carbocycles. The fraction of sp³-hybridized carbons (Fsp3) is 0.600. The van der Waals surface area contributed by atoms with Crippen LogP contribution in [0.3, 0.4) is 0 Å². The molecule has 2 atom stereocenters. The van der Waals surface area contributed by atoms with Crippen molar-refractivity contribution < 1.29 is 0 Å². The van der Waals surface area contributed by atoms with Crippen molar-refractivity contribution in [3.8, 4) is 0 Å². The van der Waals surface area contributed by atoms with Crippen LogP contribution in [0.4, 0.5) is 0 Å². The predicted molar refractivity (Wildman–Crippen MR) is 83.6 cm³/mol. The van der Waals surface area contributed by atoms with E-state index in [1.54, 1.807) is 5.19 Å². The SMILES string of the molecule is C[C@@H]1C[C@H](C[Si](C)(C)c2ccccc2)[Si]1(C)C. The lowest BCUT2D eigenvalue weighted by atomic mass is 10.2. The fourth-order valence-electron chi connectivity index (χ4n) is 3.25. The van der Waals surface area contributed by atoms with Gasteiger partial charge in [-0.3, -0.25) is 0 Å². The summed E-state index contributed by atoms with van der Waals surface area (Å²) in [5.41, 5.74) is 2.13. The average molecular weight is 263 g/mol. The maximum absolute atomic E-state index is 2.60. The van der Waals surface area contributed by atoms with Gasteiger partial charge < -0.3 is 0 Å². The molecule has 17 heavy (non-hydrogen) atoms. The molecule has 0 amide bonds. The van der Waals surface area contributed by atoms with Gasteiger partial charge in [-0.25, -0.2) is 0 Å². The number of benzene rings is 1. The van der Waals surface area contributed by atoms with Gasteiger partial charge in [0.25, 0.3) is 0 Å². The first-order chi connectivity index (χ1) is 7.84. The van der Waals surface area contributed by atoms with Crippen molar-refractivity contribution in [1.29, 1.82) is 0 Å². The van der Waals surface area contributed by atoms with E-state index in [2.05, 4.69) is 63.4 Å². The zero-order valence-electron chi connectivity index (χ0n) is 12.0. The van der Waals surface area contributed by atoms with Crippen LogP contribution in [-0.2, 0) is 0 Å². The molecule has 1 aromatic carbocycles. The second-order valence-corrected chi connectivity index (χ2v) is 17.3. The van der Waals surface area contributed by atoms with Crippen LogP contribution in [-0.4, -0.2) is 16.1 Å². The van der Waals surface area contributed by atoms with Crippen molar-refractivity contribution in [3.63, 3.8) is 0 Å². The topological polar surface area (TPSA) is 0 Å². The van der Waals surface area contributed by atoms with Gasteiger partial charge >= 0.3 is 0 Å². The highest BCUT2D eigenvalue weighted by molar-refractivity contribution is 6.92. The van der Waals surface area contributed by atoms with Crippen LogP contribution in [0, 0.1) is 0 Å². The second kappa shape index (κ2) is 4.40. The highest BCUT2D eigenvalue weighted by Crippen LogP contribution is 2.54. The third kappa shape index (κ3) is 2.43. The number of hydrogen-bond donors (Lipinski definition) is 0. The largest absolute Gasteiger partial charge is 0.0806 e. The normalized spacial score (nSPS) is 27.6. The Morgan fingerprint density at radius 3 is 2.24 bits per heavy atom. The van der Waals surface area contributed by atoms with Gasteiger partial charge in [0, 0.05) is 0 Å². The molecule has 0 radical (unpaired) electrons. The smallest absolute Gasteiger partial charge is 0.0690 e. The zero-order valence-corrected chi connectivity index (χ0v) is 14.0. The van der Waals surface area contributed by atoms with Crippen LogP contribution in [0.25, 0.3) is 0 Å². The van der Waals surface area contributed by atoms with Crippen molar-refractivity contribution in [2.75, 3.05) is 0 Å². The van der Waals surface area contributed by atoms with E-state index in [0.717, 1.165) is 11.1 Å². The van der Waals surface area contributed by atoms with E-state index < -0.39 is 16.1 Å². The Bertz CT molecular complexity index is 381. The van der Waals surface area contributed by atoms with E-state index in [1.165, 1.54) is 12.5 Å². The van der Waals surface area contributed by atoms with Gasteiger partial charge in [-0.2, -0.15) is 0 Å². The first-order valence-corrected chi connectivity index (χ1v) is 13.3. The molecule has 94 valence electrons. The molecule has 1 aromatic rings. The van der Waals surface area contributed by atoms with Gasteiger partial charge in [-0.15, -0.1) is 0 Å². The molecular formula is C15H26Si2. The summed E-state index contributed by atoms with van der Waals surface area (Å²) < 4.78 is 0. The molecule has 0 spiro atoms. The van der Waals surface area contributed by atoms with Crippen LogP contribution in [0.5, 0.6) is 0 Å². The fourth-order valence-corrected chi connectivity index (χ4v) is 11.8. The summed E-state index contributed by atoms with van der Waals surface area (Å²) >= 11 is 0. The van der Waals surface area contributed by atoms with Crippen molar-refractivity contribution in [3.05, 3.63) is 30.3 Å². The first-order valence-electron chi connectivity index (χ1n) is 6.89. The van der Waals surface area contributed by atoms with E-state index in [4.69, 9.17) is 0 Å². The van der Waals surface area contributed by atoms with Gasteiger partial charge in [-0.1, -0.05) is 81.1 Å². The Hall–Kier alpha value is -0.346. The van der Waals surface area contributed by atoms with Crippen molar-refractivity contribution in [2.45, 2.75) is 56.7 Å². The second-order valence-electron chi connectivity index (χ2n) is 7.11. The summed E-state index contributed by atoms with van der Waals surface area (Å²) in [4.78, 5) is 0. The summed E-state index contributed by atoms with van der Waals surface area (Å²) in [6.45, 7) is 12.8. The third-order valence-corrected chi connectivity index (χ3v) is 14.4. The Morgan fingerprint density at radius 1 is 1.18 bits per heavy atom. The van der Waals surface area contributed by atoms with Gasteiger partial charge in [0.1, 0.15) is 0 Å². The summed E-state index contributed by atoms with van der Waals surface area (Å²) in [7, 11) is -2.09. The molecule has 0 bridgehead atoms. The predicted octanol–water partition coefficient (Wildman–Crippen LogP) is 4.47. The van der Waals surface area contributed by atoms with Crippen LogP contribution in [0.2, 0.25) is 43.3 Å². The lowest BCUT2D eigenvalue weighted by Crippen LogP contribution is -2.52. The highest BCUT2D eigenvalue weighted by Gasteiger charge is 2.48. The summed E-state index contributed by atoms with van der Waals surface area (Å²) in [5.74, 6) is 0. The first kappa shape index (κ1) is 13.1. The average Bonchev–Trinajstić information content (AvgIpc) is 2.30. The molecule has 0 nitrogen and oxygen atoms in total. The number of hydrogen-bond acceptors (Lipinski definition) is 0. The van der Waals surface area contributed by atoms with Gasteiger partial charge in [0.15, 0.2) is 0 Å². The van der Waals surface area contributed by atoms with E-state index in [-0.39, 0.29) is 0 Å². The van der Waals surface area contributed by atoms with E-state index in [1.807, 2.05) is 0 Å². The van der Waals surface area contributed by atoms with Crippen LogP contribution >= 0.6 is 0 Å². The Balaban J connectivity index is 2.09. The molecule has 1 saturated heterocycles. The highest BCUT2D eigenvalue weighted by atomic mass is 28.3.